The maximum atomic E-state index is 14.3. The van der Waals surface area contributed by atoms with Gasteiger partial charge in [-0.25, -0.2) is 8.78 Å². The van der Waals surface area contributed by atoms with Crippen LogP contribution in [0.5, 0.6) is 0 Å². The normalized spacial score (nSPS) is 16.0. The van der Waals surface area contributed by atoms with Crippen LogP contribution in [0.3, 0.4) is 0 Å². The van der Waals surface area contributed by atoms with E-state index in [1.54, 1.807) is 7.05 Å². The molecule has 0 spiro atoms. The number of aromatic nitrogens is 2. The number of hydrogen-bond acceptors (Lipinski definition) is 3. The molecule has 3 rings (SSSR count). The van der Waals surface area contributed by atoms with Gasteiger partial charge in [0, 0.05) is 25.2 Å². The van der Waals surface area contributed by atoms with Crippen molar-refractivity contribution in [2.75, 3.05) is 6.54 Å². The van der Waals surface area contributed by atoms with E-state index in [4.69, 9.17) is 0 Å². The molecule has 1 aliphatic carbocycles. The SMILES string of the molecule is Cn1cc(C(=O)C(=O)NCC2(c3cc(F)ccc3F)CCCC2)cn1. The van der Waals surface area contributed by atoms with Crippen LogP contribution in [-0.2, 0) is 17.3 Å². The molecule has 1 fully saturated rings. The maximum Gasteiger partial charge on any atom is 0.292 e. The molecule has 0 radical (unpaired) electrons. The standard InChI is InChI=1S/C18H19F2N3O2/c1-23-10-12(9-22-23)16(24)17(25)21-11-18(6-2-3-7-18)14-8-13(19)4-5-15(14)20/h4-5,8-10H,2-3,6-7,11H2,1H3,(H,21,25). The fourth-order valence-corrected chi connectivity index (χ4v) is 3.50. The van der Waals surface area contributed by atoms with Gasteiger partial charge >= 0.3 is 0 Å². The second-order valence-electron chi connectivity index (χ2n) is 6.53. The lowest BCUT2D eigenvalue weighted by atomic mass is 9.78. The first kappa shape index (κ1) is 17.3. The van der Waals surface area contributed by atoms with Gasteiger partial charge in [-0.2, -0.15) is 5.10 Å². The molecule has 0 saturated heterocycles. The second kappa shape index (κ2) is 6.74. The van der Waals surface area contributed by atoms with E-state index in [1.807, 2.05) is 0 Å². The van der Waals surface area contributed by atoms with Crippen molar-refractivity contribution in [1.82, 2.24) is 15.1 Å². The predicted octanol–water partition coefficient (Wildman–Crippen LogP) is 2.51. The summed E-state index contributed by atoms with van der Waals surface area (Å²) in [7, 11) is 1.65. The molecule has 1 aromatic heterocycles. The Labute approximate surface area is 144 Å². The highest BCUT2D eigenvalue weighted by Crippen LogP contribution is 2.41. The number of rotatable bonds is 5. The first-order chi connectivity index (χ1) is 11.9. The average Bonchev–Trinajstić information content (AvgIpc) is 3.24. The minimum Gasteiger partial charge on any atom is -0.348 e. The summed E-state index contributed by atoms with van der Waals surface area (Å²) in [4.78, 5) is 24.3. The third-order valence-corrected chi connectivity index (χ3v) is 4.82. The van der Waals surface area contributed by atoms with Crippen LogP contribution in [0.4, 0.5) is 8.78 Å². The first-order valence-electron chi connectivity index (χ1n) is 8.18. The molecule has 1 saturated carbocycles. The molecule has 132 valence electrons. The van der Waals surface area contributed by atoms with E-state index in [9.17, 15) is 18.4 Å². The molecule has 1 aromatic carbocycles. The summed E-state index contributed by atoms with van der Waals surface area (Å²) in [6.07, 6.45) is 5.77. The molecule has 0 aliphatic heterocycles. The molecular formula is C18H19F2N3O2. The number of halogens is 2. The zero-order valence-corrected chi connectivity index (χ0v) is 13.9. The highest BCUT2D eigenvalue weighted by Gasteiger charge is 2.38. The topological polar surface area (TPSA) is 64.0 Å². The minimum absolute atomic E-state index is 0.0954. The van der Waals surface area contributed by atoms with E-state index in [0.717, 1.165) is 25.0 Å². The van der Waals surface area contributed by atoms with E-state index in [0.29, 0.717) is 12.8 Å². The van der Waals surface area contributed by atoms with E-state index in [-0.39, 0.29) is 17.7 Å². The molecule has 1 N–H and O–H groups in total. The number of amides is 1. The number of nitrogens with zero attached hydrogens (tertiary/aromatic N) is 2. The van der Waals surface area contributed by atoms with Crippen molar-refractivity contribution in [1.29, 1.82) is 0 Å². The fourth-order valence-electron chi connectivity index (χ4n) is 3.50. The van der Waals surface area contributed by atoms with Crippen LogP contribution in [0.2, 0.25) is 0 Å². The highest BCUT2D eigenvalue weighted by atomic mass is 19.1. The average molecular weight is 347 g/mol. The predicted molar refractivity (Wildman–Crippen MR) is 87.1 cm³/mol. The third-order valence-electron chi connectivity index (χ3n) is 4.82. The largest absolute Gasteiger partial charge is 0.348 e. The summed E-state index contributed by atoms with van der Waals surface area (Å²) in [5.74, 6) is -2.46. The van der Waals surface area contributed by atoms with Crippen LogP contribution in [-0.4, -0.2) is 28.0 Å². The number of Topliss-reactive ketones (excluding diaryl/α,β-unsaturated/α-hetero) is 1. The molecule has 0 bridgehead atoms. The molecular weight excluding hydrogens is 328 g/mol. The maximum absolute atomic E-state index is 14.3. The zero-order valence-electron chi connectivity index (χ0n) is 13.9. The Morgan fingerprint density at radius 2 is 2.00 bits per heavy atom. The molecule has 2 aromatic rings. The van der Waals surface area contributed by atoms with Gasteiger partial charge in [-0.05, 0) is 36.6 Å². The summed E-state index contributed by atoms with van der Waals surface area (Å²) >= 11 is 0. The lowest BCUT2D eigenvalue weighted by Gasteiger charge is -2.30. The van der Waals surface area contributed by atoms with Crippen molar-refractivity contribution in [3.05, 3.63) is 53.4 Å². The van der Waals surface area contributed by atoms with Crippen LogP contribution in [0, 0.1) is 11.6 Å². The smallest absolute Gasteiger partial charge is 0.292 e. The van der Waals surface area contributed by atoms with Gasteiger partial charge < -0.3 is 5.32 Å². The molecule has 5 nitrogen and oxygen atoms in total. The zero-order chi connectivity index (χ0) is 18.0. The minimum atomic E-state index is -0.768. The van der Waals surface area contributed by atoms with Crippen LogP contribution in [0.15, 0.2) is 30.6 Å². The summed E-state index contributed by atoms with van der Waals surface area (Å²) in [5.41, 5.74) is -0.228. The van der Waals surface area contributed by atoms with E-state index in [2.05, 4.69) is 10.4 Å². The summed E-state index contributed by atoms with van der Waals surface area (Å²) in [5, 5.41) is 6.47. The van der Waals surface area contributed by atoms with Crippen molar-refractivity contribution in [2.24, 2.45) is 7.05 Å². The summed E-state index contributed by atoms with van der Waals surface area (Å²) in [6.45, 7) is 0.0954. The van der Waals surface area contributed by atoms with Crippen molar-refractivity contribution >= 4 is 11.7 Å². The molecule has 0 atom stereocenters. The van der Waals surface area contributed by atoms with Crippen molar-refractivity contribution < 1.29 is 18.4 Å². The highest BCUT2D eigenvalue weighted by molar-refractivity contribution is 6.42. The van der Waals surface area contributed by atoms with Gasteiger partial charge in [0.2, 0.25) is 0 Å². The van der Waals surface area contributed by atoms with Crippen LogP contribution in [0.25, 0.3) is 0 Å². The Morgan fingerprint density at radius 1 is 1.28 bits per heavy atom. The van der Waals surface area contributed by atoms with Crippen LogP contribution < -0.4 is 5.32 Å². The summed E-state index contributed by atoms with van der Waals surface area (Å²) in [6, 6.07) is 3.37. The molecule has 25 heavy (non-hydrogen) atoms. The number of carbonyl (C=O) groups is 2. The lowest BCUT2D eigenvalue weighted by Crippen LogP contribution is -2.42. The third kappa shape index (κ3) is 3.45. The Hall–Kier alpha value is -2.57. The van der Waals surface area contributed by atoms with Crippen molar-refractivity contribution in [3.8, 4) is 0 Å². The molecule has 1 amide bonds. The Morgan fingerprint density at radius 3 is 2.64 bits per heavy atom. The number of hydrogen-bond donors (Lipinski definition) is 1. The van der Waals surface area contributed by atoms with Gasteiger partial charge in [0.15, 0.2) is 0 Å². The lowest BCUT2D eigenvalue weighted by molar-refractivity contribution is -0.117. The van der Waals surface area contributed by atoms with Gasteiger partial charge in [0.05, 0.1) is 11.8 Å². The fraction of sp³-hybridized carbons (Fsp3) is 0.389. The Balaban J connectivity index is 1.77. The van der Waals surface area contributed by atoms with Gasteiger partial charge in [0.1, 0.15) is 11.6 Å². The number of aryl methyl sites for hydroxylation is 1. The van der Waals surface area contributed by atoms with Crippen LogP contribution in [0.1, 0.15) is 41.6 Å². The summed E-state index contributed by atoms with van der Waals surface area (Å²) < 4.78 is 29.3. The Kier molecular flexibility index (Phi) is 4.65. The van der Waals surface area contributed by atoms with Gasteiger partial charge in [-0.3, -0.25) is 14.3 Å². The Bertz CT molecular complexity index is 810. The van der Waals surface area contributed by atoms with Gasteiger partial charge in [0.25, 0.3) is 11.7 Å². The van der Waals surface area contributed by atoms with E-state index >= 15 is 0 Å². The van der Waals surface area contributed by atoms with Crippen molar-refractivity contribution in [3.63, 3.8) is 0 Å². The van der Waals surface area contributed by atoms with Gasteiger partial charge in [-0.15, -0.1) is 0 Å². The van der Waals surface area contributed by atoms with Crippen LogP contribution >= 0.6 is 0 Å². The first-order valence-corrected chi connectivity index (χ1v) is 8.18. The number of ketones is 1. The van der Waals surface area contributed by atoms with E-state index in [1.165, 1.54) is 23.1 Å². The quantitative estimate of drug-likeness (QED) is 0.668. The van der Waals surface area contributed by atoms with E-state index < -0.39 is 28.7 Å². The molecule has 0 unspecified atom stereocenters. The molecule has 7 heteroatoms. The number of nitrogens with one attached hydrogen (secondary N) is 1. The second-order valence-corrected chi connectivity index (χ2v) is 6.53. The van der Waals surface area contributed by atoms with Crippen molar-refractivity contribution in [2.45, 2.75) is 31.1 Å². The molecule has 1 heterocycles. The monoisotopic (exact) mass is 347 g/mol. The van der Waals surface area contributed by atoms with Gasteiger partial charge in [-0.1, -0.05) is 12.8 Å². The number of benzene rings is 1. The molecule has 1 aliphatic rings. The number of carbonyl (C=O) groups excluding carboxylic acids is 2.